The molecule has 2 aromatic heterocycles. The Bertz CT molecular complexity index is 1000. The standard InChI is InChI=1S/C17H14N4O3S2/c1-9-15(23)21-12-6-10(2-3-13(12)24-9)20-14(22)7-26-17-11-4-5-25-16(11)18-8-19-17/h2-6,8-9H,7H2,1H3,(H,20,22)(H,21,23)/t9-/m1/s1. The van der Waals surface area contributed by atoms with Crippen molar-refractivity contribution in [2.75, 3.05) is 16.4 Å². The summed E-state index contributed by atoms with van der Waals surface area (Å²) in [4.78, 5) is 33.3. The molecule has 2 N–H and O–H groups in total. The number of amides is 2. The minimum Gasteiger partial charge on any atom is -0.479 e. The molecular weight excluding hydrogens is 372 g/mol. The van der Waals surface area contributed by atoms with Crippen LogP contribution in [0.25, 0.3) is 10.2 Å². The third kappa shape index (κ3) is 3.35. The lowest BCUT2D eigenvalue weighted by molar-refractivity contribution is -0.122. The van der Waals surface area contributed by atoms with Crippen molar-refractivity contribution in [2.24, 2.45) is 0 Å². The molecule has 3 aromatic rings. The molecule has 0 spiro atoms. The van der Waals surface area contributed by atoms with Gasteiger partial charge in [0.25, 0.3) is 5.91 Å². The van der Waals surface area contributed by atoms with Gasteiger partial charge in [-0.15, -0.1) is 11.3 Å². The van der Waals surface area contributed by atoms with E-state index in [0.717, 1.165) is 15.2 Å². The molecule has 0 saturated heterocycles. The number of nitrogens with zero attached hydrogens (tertiary/aromatic N) is 2. The van der Waals surface area contributed by atoms with Crippen molar-refractivity contribution >= 4 is 56.5 Å². The molecule has 7 nitrogen and oxygen atoms in total. The molecule has 0 saturated carbocycles. The molecule has 9 heteroatoms. The van der Waals surface area contributed by atoms with E-state index in [9.17, 15) is 9.59 Å². The summed E-state index contributed by atoms with van der Waals surface area (Å²) in [6.45, 7) is 1.68. The lowest BCUT2D eigenvalue weighted by Crippen LogP contribution is -2.34. The topological polar surface area (TPSA) is 93.2 Å². The number of hydrogen-bond acceptors (Lipinski definition) is 7. The number of nitrogens with one attached hydrogen (secondary N) is 2. The smallest absolute Gasteiger partial charge is 0.265 e. The van der Waals surface area contributed by atoms with Crippen LogP contribution in [0.3, 0.4) is 0 Å². The first-order valence-corrected chi connectivity index (χ1v) is 9.69. The molecule has 132 valence electrons. The molecular formula is C17H14N4O3S2. The maximum absolute atomic E-state index is 12.3. The van der Waals surface area contributed by atoms with Gasteiger partial charge in [0.05, 0.1) is 11.4 Å². The van der Waals surface area contributed by atoms with Gasteiger partial charge in [-0.05, 0) is 36.6 Å². The molecule has 1 atom stereocenters. The molecule has 2 amide bonds. The van der Waals surface area contributed by atoms with Gasteiger partial charge in [0.1, 0.15) is 21.9 Å². The number of rotatable bonds is 4. The minimum absolute atomic E-state index is 0.159. The Labute approximate surface area is 157 Å². The van der Waals surface area contributed by atoms with Gasteiger partial charge in [-0.3, -0.25) is 9.59 Å². The number of carbonyl (C=O) groups is 2. The zero-order valence-corrected chi connectivity index (χ0v) is 15.3. The van der Waals surface area contributed by atoms with Crippen LogP contribution in [-0.2, 0) is 9.59 Å². The van der Waals surface area contributed by atoms with E-state index in [4.69, 9.17) is 4.74 Å². The number of anilines is 2. The van der Waals surface area contributed by atoms with E-state index in [1.807, 2.05) is 11.4 Å². The molecule has 1 aromatic carbocycles. The molecule has 0 radical (unpaired) electrons. The Hall–Kier alpha value is -2.65. The number of ether oxygens (including phenoxy) is 1. The third-order valence-electron chi connectivity index (χ3n) is 3.76. The van der Waals surface area contributed by atoms with Crippen LogP contribution in [0.1, 0.15) is 6.92 Å². The van der Waals surface area contributed by atoms with Crippen LogP contribution >= 0.6 is 23.1 Å². The maximum atomic E-state index is 12.3. The summed E-state index contributed by atoms with van der Waals surface area (Å²) in [7, 11) is 0. The largest absolute Gasteiger partial charge is 0.479 e. The van der Waals surface area contributed by atoms with E-state index in [1.54, 1.807) is 36.5 Å². The summed E-state index contributed by atoms with van der Waals surface area (Å²) in [5.74, 6) is 0.442. The number of carbonyl (C=O) groups excluding carboxylic acids is 2. The van der Waals surface area contributed by atoms with E-state index in [0.29, 0.717) is 17.1 Å². The van der Waals surface area contributed by atoms with Gasteiger partial charge in [-0.25, -0.2) is 9.97 Å². The number of hydrogen-bond donors (Lipinski definition) is 2. The van der Waals surface area contributed by atoms with Gasteiger partial charge < -0.3 is 15.4 Å². The Morgan fingerprint density at radius 2 is 2.27 bits per heavy atom. The highest BCUT2D eigenvalue weighted by Gasteiger charge is 2.23. The fraction of sp³-hybridized carbons (Fsp3) is 0.176. The van der Waals surface area contributed by atoms with Crippen LogP contribution in [0.15, 0.2) is 41.0 Å². The van der Waals surface area contributed by atoms with E-state index in [1.165, 1.54) is 18.1 Å². The first-order chi connectivity index (χ1) is 12.6. The van der Waals surface area contributed by atoms with Gasteiger partial charge in [-0.1, -0.05) is 11.8 Å². The molecule has 3 heterocycles. The van der Waals surface area contributed by atoms with Gasteiger partial charge in [0, 0.05) is 11.1 Å². The van der Waals surface area contributed by atoms with E-state index < -0.39 is 6.10 Å². The number of thiophene rings is 1. The molecule has 1 aliphatic rings. The lowest BCUT2D eigenvalue weighted by Gasteiger charge is -2.23. The monoisotopic (exact) mass is 386 g/mol. The Balaban J connectivity index is 1.42. The van der Waals surface area contributed by atoms with Crippen molar-refractivity contribution < 1.29 is 14.3 Å². The normalized spacial score (nSPS) is 15.9. The average Bonchev–Trinajstić information content (AvgIpc) is 3.10. The Kier molecular flexibility index (Phi) is 4.48. The van der Waals surface area contributed by atoms with Crippen LogP contribution in [0.5, 0.6) is 5.75 Å². The number of benzene rings is 1. The van der Waals surface area contributed by atoms with E-state index >= 15 is 0 Å². The van der Waals surface area contributed by atoms with Crippen molar-refractivity contribution in [3.8, 4) is 5.75 Å². The van der Waals surface area contributed by atoms with Crippen molar-refractivity contribution in [1.29, 1.82) is 0 Å². The molecule has 26 heavy (non-hydrogen) atoms. The van der Waals surface area contributed by atoms with Crippen LogP contribution in [0.2, 0.25) is 0 Å². The molecule has 0 bridgehead atoms. The quantitative estimate of drug-likeness (QED) is 0.529. The average molecular weight is 386 g/mol. The van der Waals surface area contributed by atoms with Crippen LogP contribution in [-0.4, -0.2) is 33.6 Å². The SMILES string of the molecule is C[C@H]1Oc2ccc(NC(=O)CSc3ncnc4sccc34)cc2NC1=O. The van der Waals surface area contributed by atoms with Gasteiger partial charge in [-0.2, -0.15) is 0 Å². The maximum Gasteiger partial charge on any atom is 0.265 e. The Morgan fingerprint density at radius 1 is 1.38 bits per heavy atom. The molecule has 1 aliphatic heterocycles. The highest BCUT2D eigenvalue weighted by Crippen LogP contribution is 2.32. The fourth-order valence-electron chi connectivity index (χ4n) is 2.50. The summed E-state index contributed by atoms with van der Waals surface area (Å²) >= 11 is 2.90. The van der Waals surface area contributed by atoms with Crippen molar-refractivity contribution in [1.82, 2.24) is 9.97 Å². The zero-order chi connectivity index (χ0) is 18.1. The van der Waals surface area contributed by atoms with Crippen LogP contribution in [0.4, 0.5) is 11.4 Å². The summed E-state index contributed by atoms with van der Waals surface area (Å²) in [6, 6.07) is 7.11. The van der Waals surface area contributed by atoms with Gasteiger partial charge in [0.15, 0.2) is 6.10 Å². The predicted molar refractivity (Wildman–Crippen MR) is 102 cm³/mol. The Morgan fingerprint density at radius 3 is 3.15 bits per heavy atom. The highest BCUT2D eigenvalue weighted by molar-refractivity contribution is 8.00. The number of thioether (sulfide) groups is 1. The molecule has 0 unspecified atom stereocenters. The van der Waals surface area contributed by atoms with Gasteiger partial charge in [0.2, 0.25) is 5.91 Å². The van der Waals surface area contributed by atoms with Crippen molar-refractivity contribution in [3.05, 3.63) is 36.0 Å². The zero-order valence-electron chi connectivity index (χ0n) is 13.7. The second-order valence-corrected chi connectivity index (χ2v) is 7.47. The highest BCUT2D eigenvalue weighted by atomic mass is 32.2. The van der Waals surface area contributed by atoms with E-state index in [2.05, 4.69) is 20.6 Å². The number of aromatic nitrogens is 2. The molecule has 4 rings (SSSR count). The van der Waals surface area contributed by atoms with Crippen LogP contribution < -0.4 is 15.4 Å². The first-order valence-electron chi connectivity index (χ1n) is 7.82. The predicted octanol–water partition coefficient (Wildman–Crippen LogP) is 3.14. The lowest BCUT2D eigenvalue weighted by atomic mass is 10.2. The first kappa shape index (κ1) is 16.8. The van der Waals surface area contributed by atoms with Crippen molar-refractivity contribution in [3.63, 3.8) is 0 Å². The summed E-state index contributed by atoms with van der Waals surface area (Å²) < 4.78 is 5.50. The van der Waals surface area contributed by atoms with Crippen molar-refractivity contribution in [2.45, 2.75) is 18.1 Å². The van der Waals surface area contributed by atoms with E-state index in [-0.39, 0.29) is 17.6 Å². The van der Waals surface area contributed by atoms with Crippen LogP contribution in [0, 0.1) is 0 Å². The molecule has 0 fully saturated rings. The van der Waals surface area contributed by atoms with Gasteiger partial charge >= 0.3 is 0 Å². The summed E-state index contributed by atoms with van der Waals surface area (Å²) in [5, 5.41) is 9.28. The second-order valence-electron chi connectivity index (χ2n) is 5.62. The third-order valence-corrected chi connectivity index (χ3v) is 5.59. The summed E-state index contributed by atoms with van der Waals surface area (Å²) in [5.41, 5.74) is 1.14. The minimum atomic E-state index is -0.527. The second kappa shape index (κ2) is 6.93. The molecule has 0 aliphatic carbocycles. The summed E-state index contributed by atoms with van der Waals surface area (Å²) in [6.07, 6.45) is 0.979. The number of fused-ring (bicyclic) bond motifs is 2. The fourth-order valence-corrected chi connectivity index (χ4v) is 4.08.